The monoisotopic (exact) mass is 307 g/mol. The van der Waals surface area contributed by atoms with Crippen molar-refractivity contribution in [1.82, 2.24) is 5.32 Å². The first kappa shape index (κ1) is 13.9. The molecular formula is C16H15Cl2NO. The lowest BCUT2D eigenvalue weighted by Gasteiger charge is -2.20. The lowest BCUT2D eigenvalue weighted by Crippen LogP contribution is -2.28. The number of nitrogens with one attached hydrogen (secondary N) is 1. The van der Waals surface area contributed by atoms with Gasteiger partial charge in [0.15, 0.2) is 0 Å². The Kier molecular flexibility index (Phi) is 3.74. The van der Waals surface area contributed by atoms with Crippen LogP contribution in [0.15, 0.2) is 42.5 Å². The largest absolute Gasteiger partial charge is 0.390 e. The van der Waals surface area contributed by atoms with E-state index in [0.717, 1.165) is 16.7 Å². The van der Waals surface area contributed by atoms with Crippen LogP contribution in [0.4, 0.5) is 0 Å². The van der Waals surface area contributed by atoms with Crippen molar-refractivity contribution in [3.8, 4) is 0 Å². The second-order valence-corrected chi connectivity index (χ2v) is 5.85. The maximum absolute atomic E-state index is 10.6. The van der Waals surface area contributed by atoms with E-state index in [2.05, 4.69) is 17.4 Å². The first-order valence-corrected chi connectivity index (χ1v) is 7.28. The topological polar surface area (TPSA) is 32.3 Å². The summed E-state index contributed by atoms with van der Waals surface area (Å²) in [6, 6.07) is 13.6. The second-order valence-electron chi connectivity index (χ2n) is 5.04. The normalized spacial score (nSPS) is 24.7. The van der Waals surface area contributed by atoms with Crippen molar-refractivity contribution in [3.05, 3.63) is 69.2 Å². The smallest absolute Gasteiger partial charge is 0.0843 e. The highest BCUT2D eigenvalue weighted by molar-refractivity contribution is 6.42. The third kappa shape index (κ3) is 2.13. The van der Waals surface area contributed by atoms with Gasteiger partial charge in [0, 0.05) is 5.92 Å². The molecule has 2 nitrogen and oxygen atoms in total. The molecule has 0 amide bonds. The molecule has 0 heterocycles. The van der Waals surface area contributed by atoms with Crippen LogP contribution in [-0.4, -0.2) is 18.3 Å². The van der Waals surface area contributed by atoms with E-state index in [0.29, 0.717) is 10.0 Å². The van der Waals surface area contributed by atoms with E-state index in [4.69, 9.17) is 23.2 Å². The highest BCUT2D eigenvalue weighted by atomic mass is 35.5. The number of aliphatic hydroxyl groups is 1. The number of benzene rings is 2. The third-order valence-corrected chi connectivity index (χ3v) is 4.70. The molecular weight excluding hydrogens is 293 g/mol. The quantitative estimate of drug-likeness (QED) is 0.885. The molecule has 0 radical (unpaired) electrons. The second kappa shape index (κ2) is 5.38. The summed E-state index contributed by atoms with van der Waals surface area (Å²) in [5, 5.41) is 14.9. The van der Waals surface area contributed by atoms with Gasteiger partial charge in [0.1, 0.15) is 0 Å². The maximum Gasteiger partial charge on any atom is 0.0843 e. The van der Waals surface area contributed by atoms with Crippen molar-refractivity contribution in [2.75, 3.05) is 7.05 Å². The van der Waals surface area contributed by atoms with Gasteiger partial charge in [-0.05, 0) is 35.9 Å². The molecule has 104 valence electrons. The number of hydrogen-bond acceptors (Lipinski definition) is 2. The van der Waals surface area contributed by atoms with Gasteiger partial charge in [0.25, 0.3) is 0 Å². The van der Waals surface area contributed by atoms with Crippen LogP contribution in [0.1, 0.15) is 28.7 Å². The zero-order valence-electron chi connectivity index (χ0n) is 11.0. The zero-order valence-corrected chi connectivity index (χ0v) is 12.5. The van der Waals surface area contributed by atoms with E-state index in [1.54, 1.807) is 6.07 Å². The molecule has 20 heavy (non-hydrogen) atoms. The fourth-order valence-electron chi connectivity index (χ4n) is 3.05. The number of hydrogen-bond donors (Lipinski definition) is 2. The lowest BCUT2D eigenvalue weighted by molar-refractivity contribution is 0.130. The van der Waals surface area contributed by atoms with Crippen molar-refractivity contribution in [3.63, 3.8) is 0 Å². The molecule has 4 heteroatoms. The standard InChI is InChI=1S/C16H15Cl2NO/c1-19-15-11-5-3-2-4-10(11)14(16(15)20)9-6-7-12(17)13(18)8-9/h2-8,14-16,19-20H,1H3/t14-,15-,16?/m0/s1. The third-order valence-electron chi connectivity index (χ3n) is 3.96. The Morgan fingerprint density at radius 3 is 2.35 bits per heavy atom. The Morgan fingerprint density at radius 1 is 1.00 bits per heavy atom. The van der Waals surface area contributed by atoms with E-state index >= 15 is 0 Å². The molecule has 0 aliphatic heterocycles. The van der Waals surface area contributed by atoms with E-state index in [1.165, 1.54) is 0 Å². The van der Waals surface area contributed by atoms with Crippen LogP contribution in [-0.2, 0) is 0 Å². The molecule has 0 saturated heterocycles. The number of rotatable bonds is 2. The summed E-state index contributed by atoms with van der Waals surface area (Å²) < 4.78 is 0. The molecule has 0 fully saturated rings. The molecule has 0 bridgehead atoms. The van der Waals surface area contributed by atoms with Gasteiger partial charge in [0.05, 0.1) is 22.2 Å². The van der Waals surface area contributed by atoms with E-state index in [-0.39, 0.29) is 12.0 Å². The van der Waals surface area contributed by atoms with Crippen LogP contribution in [0.3, 0.4) is 0 Å². The van der Waals surface area contributed by atoms with Gasteiger partial charge in [-0.15, -0.1) is 0 Å². The van der Waals surface area contributed by atoms with Crippen LogP contribution in [0.2, 0.25) is 10.0 Å². The Morgan fingerprint density at radius 2 is 1.70 bits per heavy atom. The number of aliphatic hydroxyl groups excluding tert-OH is 1. The molecule has 2 aromatic rings. The van der Waals surface area contributed by atoms with Crippen LogP contribution < -0.4 is 5.32 Å². The van der Waals surface area contributed by atoms with E-state index in [1.807, 2.05) is 31.3 Å². The summed E-state index contributed by atoms with van der Waals surface area (Å²) in [5.41, 5.74) is 3.26. The number of fused-ring (bicyclic) bond motifs is 1. The van der Waals surface area contributed by atoms with Gasteiger partial charge in [-0.2, -0.15) is 0 Å². The van der Waals surface area contributed by atoms with Crippen LogP contribution in [0.5, 0.6) is 0 Å². The summed E-state index contributed by atoms with van der Waals surface area (Å²) in [6.45, 7) is 0. The van der Waals surface area contributed by atoms with Crippen molar-refractivity contribution in [1.29, 1.82) is 0 Å². The number of likely N-dealkylation sites (N-methyl/N-ethyl adjacent to an activating group) is 1. The number of halogens is 2. The molecule has 3 atom stereocenters. The van der Waals surface area contributed by atoms with Gasteiger partial charge >= 0.3 is 0 Å². The summed E-state index contributed by atoms with van der Waals surface area (Å²) in [4.78, 5) is 0. The van der Waals surface area contributed by atoms with Crippen LogP contribution in [0.25, 0.3) is 0 Å². The lowest BCUT2D eigenvalue weighted by atomic mass is 9.91. The van der Waals surface area contributed by atoms with Crippen molar-refractivity contribution in [2.24, 2.45) is 0 Å². The van der Waals surface area contributed by atoms with E-state index in [9.17, 15) is 5.11 Å². The molecule has 0 saturated carbocycles. The summed E-state index contributed by atoms with van der Waals surface area (Å²) in [6.07, 6.45) is -0.519. The van der Waals surface area contributed by atoms with Gasteiger partial charge in [-0.3, -0.25) is 0 Å². The molecule has 2 N–H and O–H groups in total. The fraction of sp³-hybridized carbons (Fsp3) is 0.250. The minimum Gasteiger partial charge on any atom is -0.390 e. The van der Waals surface area contributed by atoms with Gasteiger partial charge in [0.2, 0.25) is 0 Å². The molecule has 0 spiro atoms. The zero-order chi connectivity index (χ0) is 14.3. The Labute approximate surface area is 128 Å². The fourth-order valence-corrected chi connectivity index (χ4v) is 3.35. The van der Waals surface area contributed by atoms with Gasteiger partial charge in [-0.25, -0.2) is 0 Å². The minimum absolute atomic E-state index is 0.0642. The molecule has 1 aliphatic carbocycles. The average Bonchev–Trinajstić information content (AvgIpc) is 2.73. The Hall–Kier alpha value is -1.06. The summed E-state index contributed by atoms with van der Waals surface area (Å²) in [5.74, 6) is -0.0848. The first-order valence-electron chi connectivity index (χ1n) is 6.52. The highest BCUT2D eigenvalue weighted by Crippen LogP contribution is 2.44. The predicted octanol–water partition coefficient (Wildman–Crippen LogP) is 3.76. The molecule has 3 rings (SSSR count). The van der Waals surface area contributed by atoms with E-state index < -0.39 is 6.10 Å². The molecule has 0 aromatic heterocycles. The Bertz CT molecular complexity index is 644. The average molecular weight is 308 g/mol. The molecule has 2 aromatic carbocycles. The Balaban J connectivity index is 2.11. The van der Waals surface area contributed by atoms with Crippen LogP contribution >= 0.6 is 23.2 Å². The summed E-state index contributed by atoms with van der Waals surface area (Å²) in [7, 11) is 1.86. The molecule has 1 unspecified atom stereocenters. The van der Waals surface area contributed by atoms with Gasteiger partial charge in [-0.1, -0.05) is 53.5 Å². The van der Waals surface area contributed by atoms with Crippen molar-refractivity contribution >= 4 is 23.2 Å². The van der Waals surface area contributed by atoms with Crippen molar-refractivity contribution < 1.29 is 5.11 Å². The first-order chi connectivity index (χ1) is 9.63. The van der Waals surface area contributed by atoms with Crippen molar-refractivity contribution in [2.45, 2.75) is 18.1 Å². The predicted molar refractivity (Wildman–Crippen MR) is 82.6 cm³/mol. The summed E-state index contributed by atoms with van der Waals surface area (Å²) >= 11 is 12.1. The maximum atomic E-state index is 10.6. The minimum atomic E-state index is -0.519. The molecule has 1 aliphatic rings. The van der Waals surface area contributed by atoms with Gasteiger partial charge < -0.3 is 10.4 Å². The van der Waals surface area contributed by atoms with Crippen LogP contribution in [0, 0.1) is 0 Å². The highest BCUT2D eigenvalue weighted by Gasteiger charge is 2.39. The SMILES string of the molecule is CN[C@H]1c2ccccc2[C@H](c2ccc(Cl)c(Cl)c2)C1O.